The Bertz CT molecular complexity index is 684. The Morgan fingerprint density at radius 1 is 1.18 bits per heavy atom. The van der Waals surface area contributed by atoms with E-state index in [1.54, 1.807) is 0 Å². The van der Waals surface area contributed by atoms with Crippen LogP contribution < -0.4 is 5.73 Å². The summed E-state index contributed by atoms with van der Waals surface area (Å²) in [5.41, 5.74) is 10.2. The number of carbonyl (C=O) groups is 1. The molecule has 0 unspecified atom stereocenters. The normalized spacial score (nSPS) is 11.2. The van der Waals surface area contributed by atoms with E-state index in [-0.39, 0.29) is 5.91 Å². The number of rotatable bonds is 5. The predicted octanol–water partition coefficient (Wildman–Crippen LogP) is 4.57. The Balaban J connectivity index is 2.59. The van der Waals surface area contributed by atoms with Crippen LogP contribution in [0.25, 0.3) is 11.1 Å². The zero-order chi connectivity index (χ0) is 16.4. The van der Waals surface area contributed by atoms with Crippen LogP contribution in [0.1, 0.15) is 42.0 Å². The summed E-state index contributed by atoms with van der Waals surface area (Å²) in [6.07, 6.45) is 1.06. The Kier molecular flexibility index (Phi) is 4.97. The van der Waals surface area contributed by atoms with Gasteiger partial charge in [0.2, 0.25) is 0 Å². The van der Waals surface area contributed by atoms with E-state index in [9.17, 15) is 4.79 Å². The minimum absolute atomic E-state index is 0.381. The van der Waals surface area contributed by atoms with Gasteiger partial charge in [0.1, 0.15) is 0 Å². The Labute approximate surface area is 137 Å². The number of aromatic nitrogens is 1. The minimum atomic E-state index is -0.381. The Morgan fingerprint density at radius 2 is 1.77 bits per heavy atom. The number of carbonyl (C=O) groups excluding carboxylic acids is 1. The summed E-state index contributed by atoms with van der Waals surface area (Å²) in [4.78, 5) is 12.0. The Morgan fingerprint density at radius 3 is 2.27 bits per heavy atom. The molecule has 0 bridgehead atoms. The summed E-state index contributed by atoms with van der Waals surface area (Å²) in [7, 11) is 0. The average molecular weight is 319 g/mol. The van der Waals surface area contributed by atoms with E-state index in [2.05, 4.69) is 18.4 Å². The minimum Gasteiger partial charge on any atom is -0.366 e. The molecule has 2 aromatic rings. The second-order valence-electron chi connectivity index (χ2n) is 6.13. The third-order valence-electron chi connectivity index (χ3n) is 4.09. The molecule has 22 heavy (non-hydrogen) atoms. The van der Waals surface area contributed by atoms with Crippen LogP contribution in [0.5, 0.6) is 0 Å². The largest absolute Gasteiger partial charge is 0.366 e. The van der Waals surface area contributed by atoms with Crippen molar-refractivity contribution in [2.75, 3.05) is 0 Å². The lowest BCUT2D eigenvalue weighted by atomic mass is 10.0. The first-order chi connectivity index (χ1) is 10.3. The number of amides is 1. The van der Waals surface area contributed by atoms with Crippen molar-refractivity contribution in [3.05, 3.63) is 46.2 Å². The molecule has 0 atom stereocenters. The summed E-state index contributed by atoms with van der Waals surface area (Å²) in [5, 5.41) is 0.679. The molecule has 0 aliphatic carbocycles. The third kappa shape index (κ3) is 3.20. The molecule has 3 nitrogen and oxygen atoms in total. The number of hydrogen-bond acceptors (Lipinski definition) is 1. The molecule has 2 N–H and O–H groups in total. The van der Waals surface area contributed by atoms with Crippen molar-refractivity contribution in [2.24, 2.45) is 11.7 Å². The monoisotopic (exact) mass is 318 g/mol. The van der Waals surface area contributed by atoms with Crippen LogP contribution in [-0.4, -0.2) is 10.5 Å². The van der Waals surface area contributed by atoms with E-state index in [1.165, 1.54) is 0 Å². The number of nitrogens with two attached hydrogens (primary N) is 1. The molecule has 0 saturated heterocycles. The van der Waals surface area contributed by atoms with Gasteiger partial charge in [0.15, 0.2) is 0 Å². The van der Waals surface area contributed by atoms with Crippen molar-refractivity contribution in [1.29, 1.82) is 0 Å². The zero-order valence-electron chi connectivity index (χ0n) is 13.6. The van der Waals surface area contributed by atoms with E-state index in [1.807, 2.05) is 38.1 Å². The summed E-state index contributed by atoms with van der Waals surface area (Å²) in [6.45, 7) is 9.30. The summed E-state index contributed by atoms with van der Waals surface area (Å²) >= 11 is 5.97. The second kappa shape index (κ2) is 6.57. The quantitative estimate of drug-likeness (QED) is 0.862. The van der Waals surface area contributed by atoms with Gasteiger partial charge in [0.05, 0.1) is 5.56 Å². The van der Waals surface area contributed by atoms with Gasteiger partial charge in [-0.15, -0.1) is 0 Å². The molecule has 0 saturated carbocycles. The first kappa shape index (κ1) is 16.6. The van der Waals surface area contributed by atoms with Gasteiger partial charge in [-0.05, 0) is 43.9 Å². The molecule has 0 aliphatic rings. The van der Waals surface area contributed by atoms with Crippen molar-refractivity contribution in [1.82, 2.24) is 4.57 Å². The highest BCUT2D eigenvalue weighted by molar-refractivity contribution is 6.30. The second-order valence-corrected chi connectivity index (χ2v) is 6.56. The molecule has 1 aromatic carbocycles. The van der Waals surface area contributed by atoms with Gasteiger partial charge in [0, 0.05) is 28.5 Å². The first-order valence-corrected chi connectivity index (χ1v) is 7.96. The molecule has 2 rings (SSSR count). The van der Waals surface area contributed by atoms with Gasteiger partial charge in [-0.2, -0.15) is 0 Å². The molecular formula is C18H23ClN2O. The van der Waals surface area contributed by atoms with Crippen molar-refractivity contribution in [2.45, 2.75) is 40.7 Å². The zero-order valence-corrected chi connectivity index (χ0v) is 14.4. The van der Waals surface area contributed by atoms with Crippen LogP contribution in [0, 0.1) is 19.8 Å². The van der Waals surface area contributed by atoms with Gasteiger partial charge >= 0.3 is 0 Å². The fraction of sp³-hybridized carbons (Fsp3) is 0.389. The lowest BCUT2D eigenvalue weighted by Crippen LogP contribution is -2.13. The number of nitrogens with zero attached hydrogens (tertiary/aromatic N) is 1. The Hall–Kier alpha value is -1.74. The number of halogens is 1. The van der Waals surface area contributed by atoms with Crippen LogP contribution in [0.4, 0.5) is 0 Å². The van der Waals surface area contributed by atoms with Crippen LogP contribution in [0.2, 0.25) is 5.02 Å². The fourth-order valence-electron chi connectivity index (χ4n) is 2.88. The van der Waals surface area contributed by atoms with E-state index in [4.69, 9.17) is 17.3 Å². The maximum absolute atomic E-state index is 12.0. The number of primary amides is 1. The van der Waals surface area contributed by atoms with Crippen molar-refractivity contribution in [3.63, 3.8) is 0 Å². The van der Waals surface area contributed by atoms with E-state index in [0.717, 1.165) is 35.5 Å². The molecule has 1 heterocycles. The third-order valence-corrected chi connectivity index (χ3v) is 4.34. The van der Waals surface area contributed by atoms with Crippen LogP contribution >= 0.6 is 11.6 Å². The summed E-state index contributed by atoms with van der Waals surface area (Å²) in [6, 6.07) is 7.54. The molecule has 0 fully saturated rings. The van der Waals surface area contributed by atoms with Crippen molar-refractivity contribution < 1.29 is 4.79 Å². The fourth-order valence-corrected chi connectivity index (χ4v) is 3.00. The van der Waals surface area contributed by atoms with Gasteiger partial charge in [0.25, 0.3) is 5.91 Å². The van der Waals surface area contributed by atoms with Crippen LogP contribution in [0.15, 0.2) is 24.3 Å². The number of hydrogen-bond donors (Lipinski definition) is 1. The molecule has 118 valence electrons. The highest BCUT2D eigenvalue weighted by atomic mass is 35.5. The molecule has 0 spiro atoms. The maximum Gasteiger partial charge on any atom is 0.251 e. The lowest BCUT2D eigenvalue weighted by molar-refractivity contribution is 0.1000. The van der Waals surface area contributed by atoms with E-state index < -0.39 is 0 Å². The molecule has 0 radical (unpaired) electrons. The van der Waals surface area contributed by atoms with Gasteiger partial charge < -0.3 is 10.3 Å². The van der Waals surface area contributed by atoms with Crippen molar-refractivity contribution >= 4 is 17.5 Å². The highest BCUT2D eigenvalue weighted by Gasteiger charge is 2.22. The summed E-state index contributed by atoms with van der Waals surface area (Å²) in [5.74, 6) is 0.228. The smallest absolute Gasteiger partial charge is 0.251 e. The average Bonchev–Trinajstić information content (AvgIpc) is 2.69. The molecule has 0 aliphatic heterocycles. The standard InChI is InChI=1S/C18H23ClN2O/c1-11(2)9-10-21-12(3)16(17(13(21)4)18(20)22)14-5-7-15(19)8-6-14/h5-8,11H,9-10H2,1-4H3,(H2,20,22). The lowest BCUT2D eigenvalue weighted by Gasteiger charge is -2.11. The van der Waals surface area contributed by atoms with Gasteiger partial charge in [-0.1, -0.05) is 37.6 Å². The highest BCUT2D eigenvalue weighted by Crippen LogP contribution is 2.33. The van der Waals surface area contributed by atoms with Gasteiger partial charge in [-0.3, -0.25) is 4.79 Å². The summed E-state index contributed by atoms with van der Waals surface area (Å²) < 4.78 is 2.20. The number of benzene rings is 1. The predicted molar refractivity (Wildman–Crippen MR) is 92.3 cm³/mol. The molecular weight excluding hydrogens is 296 g/mol. The van der Waals surface area contributed by atoms with Gasteiger partial charge in [-0.25, -0.2) is 0 Å². The van der Waals surface area contributed by atoms with E-state index >= 15 is 0 Å². The first-order valence-electron chi connectivity index (χ1n) is 7.58. The van der Waals surface area contributed by atoms with Crippen LogP contribution in [-0.2, 0) is 6.54 Å². The molecule has 1 amide bonds. The SMILES string of the molecule is Cc1c(C(N)=O)c(-c2ccc(Cl)cc2)c(C)n1CCC(C)C. The molecule has 1 aromatic heterocycles. The molecule has 4 heteroatoms. The maximum atomic E-state index is 12.0. The van der Waals surface area contributed by atoms with E-state index in [0.29, 0.717) is 16.5 Å². The van der Waals surface area contributed by atoms with Crippen molar-refractivity contribution in [3.8, 4) is 11.1 Å². The topological polar surface area (TPSA) is 48.0 Å². The van der Waals surface area contributed by atoms with Crippen LogP contribution in [0.3, 0.4) is 0 Å².